The van der Waals surface area contributed by atoms with Crippen LogP contribution in [-0.4, -0.2) is 20.1 Å². The fourth-order valence-electron chi connectivity index (χ4n) is 1.94. The van der Waals surface area contributed by atoms with E-state index in [0.29, 0.717) is 24.0 Å². The Balaban J connectivity index is 1.76. The standard InChI is InChI=1S/C15H15N5O/c1-10-8-17-13(18-9-10)14-19-15(21-20-14)12(16)7-11-5-3-2-4-6-11/h2-6,8-9,12H,7,16H2,1H3. The third kappa shape index (κ3) is 3.11. The number of nitrogens with zero attached hydrogens (tertiary/aromatic N) is 4. The summed E-state index contributed by atoms with van der Waals surface area (Å²) in [6, 6.07) is 9.59. The quantitative estimate of drug-likeness (QED) is 0.787. The molecule has 0 aliphatic carbocycles. The molecule has 0 aliphatic rings. The van der Waals surface area contributed by atoms with Crippen LogP contribution in [0.2, 0.25) is 0 Å². The molecule has 0 saturated heterocycles. The predicted molar refractivity (Wildman–Crippen MR) is 77.1 cm³/mol. The van der Waals surface area contributed by atoms with E-state index in [2.05, 4.69) is 20.1 Å². The third-order valence-corrected chi connectivity index (χ3v) is 3.04. The first-order chi connectivity index (χ1) is 10.2. The topological polar surface area (TPSA) is 90.7 Å². The van der Waals surface area contributed by atoms with Gasteiger partial charge in [0.2, 0.25) is 17.5 Å². The lowest BCUT2D eigenvalue weighted by Crippen LogP contribution is -2.13. The van der Waals surface area contributed by atoms with Gasteiger partial charge in [-0.1, -0.05) is 35.5 Å². The van der Waals surface area contributed by atoms with Crippen molar-refractivity contribution < 1.29 is 4.52 Å². The molecule has 0 radical (unpaired) electrons. The smallest absolute Gasteiger partial charge is 0.244 e. The van der Waals surface area contributed by atoms with Gasteiger partial charge in [0.05, 0.1) is 6.04 Å². The zero-order valence-corrected chi connectivity index (χ0v) is 11.6. The van der Waals surface area contributed by atoms with Gasteiger partial charge in [0.15, 0.2) is 0 Å². The molecule has 3 aromatic rings. The van der Waals surface area contributed by atoms with Crippen molar-refractivity contribution in [1.82, 2.24) is 20.1 Å². The third-order valence-electron chi connectivity index (χ3n) is 3.04. The number of nitrogens with two attached hydrogens (primary N) is 1. The first-order valence-electron chi connectivity index (χ1n) is 6.64. The molecule has 0 saturated carbocycles. The van der Waals surface area contributed by atoms with E-state index >= 15 is 0 Å². The highest BCUT2D eigenvalue weighted by molar-refractivity contribution is 5.41. The van der Waals surface area contributed by atoms with Crippen molar-refractivity contribution >= 4 is 0 Å². The van der Waals surface area contributed by atoms with Gasteiger partial charge in [0.1, 0.15) is 0 Å². The average molecular weight is 281 g/mol. The lowest BCUT2D eigenvalue weighted by Gasteiger charge is -2.05. The molecule has 2 heterocycles. The second-order valence-corrected chi connectivity index (χ2v) is 4.84. The predicted octanol–water partition coefficient (Wildman–Crippen LogP) is 2.08. The fourth-order valence-corrected chi connectivity index (χ4v) is 1.94. The Kier molecular flexibility index (Phi) is 3.70. The van der Waals surface area contributed by atoms with Gasteiger partial charge in [-0.2, -0.15) is 4.98 Å². The molecule has 3 rings (SSSR count). The molecule has 1 unspecified atom stereocenters. The van der Waals surface area contributed by atoms with E-state index in [1.807, 2.05) is 37.3 Å². The van der Waals surface area contributed by atoms with Crippen LogP contribution in [0.4, 0.5) is 0 Å². The van der Waals surface area contributed by atoms with Gasteiger partial charge in [-0.05, 0) is 24.5 Å². The SMILES string of the molecule is Cc1cnc(-c2noc(C(N)Cc3ccccc3)n2)nc1. The van der Waals surface area contributed by atoms with Crippen LogP contribution in [-0.2, 0) is 6.42 Å². The molecule has 106 valence electrons. The Bertz CT molecular complexity index is 708. The number of aromatic nitrogens is 4. The number of benzene rings is 1. The van der Waals surface area contributed by atoms with Gasteiger partial charge in [-0.15, -0.1) is 0 Å². The van der Waals surface area contributed by atoms with Gasteiger partial charge >= 0.3 is 0 Å². The second-order valence-electron chi connectivity index (χ2n) is 4.84. The summed E-state index contributed by atoms with van der Waals surface area (Å²) in [6.07, 6.45) is 4.06. The van der Waals surface area contributed by atoms with E-state index in [1.54, 1.807) is 12.4 Å². The normalized spacial score (nSPS) is 12.3. The summed E-state index contributed by atoms with van der Waals surface area (Å²) < 4.78 is 5.22. The zero-order chi connectivity index (χ0) is 14.7. The van der Waals surface area contributed by atoms with Crippen LogP contribution in [0.1, 0.15) is 23.1 Å². The van der Waals surface area contributed by atoms with Crippen molar-refractivity contribution in [2.24, 2.45) is 5.73 Å². The molecular weight excluding hydrogens is 266 g/mol. The Morgan fingerprint density at radius 3 is 2.52 bits per heavy atom. The zero-order valence-electron chi connectivity index (χ0n) is 11.6. The van der Waals surface area contributed by atoms with E-state index in [0.717, 1.165) is 11.1 Å². The highest BCUT2D eigenvalue weighted by Crippen LogP contribution is 2.17. The van der Waals surface area contributed by atoms with Gasteiger partial charge in [0.25, 0.3) is 0 Å². The van der Waals surface area contributed by atoms with E-state index in [4.69, 9.17) is 10.3 Å². The van der Waals surface area contributed by atoms with Crippen LogP contribution in [0.25, 0.3) is 11.6 Å². The summed E-state index contributed by atoms with van der Waals surface area (Å²) in [5, 5.41) is 3.89. The van der Waals surface area contributed by atoms with Gasteiger partial charge in [-0.3, -0.25) is 0 Å². The fraction of sp³-hybridized carbons (Fsp3) is 0.200. The molecular formula is C15H15N5O. The summed E-state index contributed by atoms with van der Waals surface area (Å²) in [5.74, 6) is 1.18. The molecule has 2 aromatic heterocycles. The Labute approximate surface area is 122 Å². The van der Waals surface area contributed by atoms with Crippen molar-refractivity contribution in [2.75, 3.05) is 0 Å². The molecule has 0 spiro atoms. The van der Waals surface area contributed by atoms with Crippen molar-refractivity contribution in [3.05, 3.63) is 59.7 Å². The maximum Gasteiger partial charge on any atom is 0.244 e. The van der Waals surface area contributed by atoms with E-state index < -0.39 is 0 Å². The number of rotatable bonds is 4. The van der Waals surface area contributed by atoms with Crippen LogP contribution >= 0.6 is 0 Å². The second kappa shape index (κ2) is 5.80. The highest BCUT2D eigenvalue weighted by atomic mass is 16.5. The molecule has 0 aliphatic heterocycles. The van der Waals surface area contributed by atoms with Crippen LogP contribution in [0.3, 0.4) is 0 Å². The molecule has 0 amide bonds. The highest BCUT2D eigenvalue weighted by Gasteiger charge is 2.17. The average Bonchev–Trinajstić information content (AvgIpc) is 2.99. The van der Waals surface area contributed by atoms with Crippen LogP contribution in [0.15, 0.2) is 47.2 Å². The largest absolute Gasteiger partial charge is 0.337 e. The first-order valence-corrected chi connectivity index (χ1v) is 6.64. The van der Waals surface area contributed by atoms with Gasteiger partial charge in [0, 0.05) is 12.4 Å². The monoisotopic (exact) mass is 281 g/mol. The maximum absolute atomic E-state index is 6.11. The molecule has 1 atom stereocenters. The molecule has 21 heavy (non-hydrogen) atoms. The number of hydrogen-bond acceptors (Lipinski definition) is 6. The summed E-state index contributed by atoms with van der Waals surface area (Å²) in [4.78, 5) is 12.6. The van der Waals surface area contributed by atoms with Crippen LogP contribution < -0.4 is 5.73 Å². The Morgan fingerprint density at radius 2 is 1.81 bits per heavy atom. The Hall–Kier alpha value is -2.60. The minimum absolute atomic E-state index is 0.348. The molecule has 6 nitrogen and oxygen atoms in total. The summed E-state index contributed by atoms with van der Waals surface area (Å²) in [6.45, 7) is 1.92. The van der Waals surface area contributed by atoms with Crippen molar-refractivity contribution in [2.45, 2.75) is 19.4 Å². The van der Waals surface area contributed by atoms with Crippen molar-refractivity contribution in [3.8, 4) is 11.6 Å². The number of hydrogen-bond donors (Lipinski definition) is 1. The van der Waals surface area contributed by atoms with E-state index in [9.17, 15) is 0 Å². The van der Waals surface area contributed by atoms with Crippen molar-refractivity contribution in [3.63, 3.8) is 0 Å². The molecule has 0 fully saturated rings. The minimum Gasteiger partial charge on any atom is -0.337 e. The summed E-state index contributed by atoms with van der Waals surface area (Å²) >= 11 is 0. The molecule has 2 N–H and O–H groups in total. The molecule has 0 bridgehead atoms. The van der Waals surface area contributed by atoms with E-state index in [1.165, 1.54) is 0 Å². The van der Waals surface area contributed by atoms with Crippen LogP contribution in [0, 0.1) is 6.92 Å². The van der Waals surface area contributed by atoms with Crippen LogP contribution in [0.5, 0.6) is 0 Å². The molecule has 6 heteroatoms. The summed E-state index contributed by atoms with van der Waals surface area (Å²) in [5.41, 5.74) is 8.20. The molecule has 1 aromatic carbocycles. The summed E-state index contributed by atoms with van der Waals surface area (Å²) in [7, 11) is 0. The first kappa shape index (κ1) is 13.4. The van der Waals surface area contributed by atoms with Gasteiger partial charge < -0.3 is 10.3 Å². The lowest BCUT2D eigenvalue weighted by molar-refractivity contribution is 0.354. The number of aryl methyl sites for hydroxylation is 1. The Morgan fingerprint density at radius 1 is 1.10 bits per heavy atom. The maximum atomic E-state index is 6.11. The van der Waals surface area contributed by atoms with Crippen molar-refractivity contribution in [1.29, 1.82) is 0 Å². The lowest BCUT2D eigenvalue weighted by atomic mass is 10.1. The minimum atomic E-state index is -0.348. The van der Waals surface area contributed by atoms with Gasteiger partial charge in [-0.25, -0.2) is 9.97 Å². The van der Waals surface area contributed by atoms with E-state index in [-0.39, 0.29) is 6.04 Å².